The Labute approximate surface area is 111 Å². The quantitative estimate of drug-likeness (QED) is 0.698. The van der Waals surface area contributed by atoms with Gasteiger partial charge in [-0.3, -0.25) is 0 Å². The minimum absolute atomic E-state index is 0.493. The SMILES string of the molecule is Cc1ccccc1C(c1ccccc1C)C(C)C. The first-order valence-corrected chi connectivity index (χ1v) is 6.72. The lowest BCUT2D eigenvalue weighted by molar-refractivity contribution is 0.559. The summed E-state index contributed by atoms with van der Waals surface area (Å²) in [6.45, 7) is 9.04. The first-order valence-electron chi connectivity index (χ1n) is 6.72. The van der Waals surface area contributed by atoms with Crippen LogP contribution >= 0.6 is 0 Å². The van der Waals surface area contributed by atoms with Crippen molar-refractivity contribution in [2.24, 2.45) is 5.92 Å². The Balaban J connectivity index is 2.55. The molecule has 0 amide bonds. The molecule has 0 heterocycles. The molecule has 0 radical (unpaired) electrons. The van der Waals surface area contributed by atoms with E-state index >= 15 is 0 Å². The van der Waals surface area contributed by atoms with E-state index in [2.05, 4.69) is 76.2 Å². The third-order valence-electron chi connectivity index (χ3n) is 3.71. The molecule has 0 N–H and O–H groups in total. The lowest BCUT2D eigenvalue weighted by atomic mass is 9.79. The zero-order chi connectivity index (χ0) is 13.1. The van der Waals surface area contributed by atoms with Crippen molar-refractivity contribution >= 4 is 0 Å². The van der Waals surface area contributed by atoms with Crippen molar-refractivity contribution in [1.29, 1.82) is 0 Å². The van der Waals surface area contributed by atoms with Crippen molar-refractivity contribution in [2.75, 3.05) is 0 Å². The van der Waals surface area contributed by atoms with Crippen molar-refractivity contribution in [3.05, 3.63) is 70.8 Å². The standard InChI is InChI=1S/C18H22/c1-13(2)18(16-11-7-5-9-14(16)3)17-12-8-6-10-15(17)4/h5-13,18H,1-4H3. The summed E-state index contributed by atoms with van der Waals surface area (Å²) in [7, 11) is 0. The van der Waals surface area contributed by atoms with Crippen LogP contribution in [0.2, 0.25) is 0 Å². The molecule has 0 aliphatic carbocycles. The molecule has 0 spiro atoms. The molecule has 0 aliphatic heterocycles. The van der Waals surface area contributed by atoms with Crippen LogP contribution in [0.15, 0.2) is 48.5 Å². The fraction of sp³-hybridized carbons (Fsp3) is 0.333. The number of rotatable bonds is 3. The second kappa shape index (κ2) is 5.39. The third kappa shape index (κ3) is 2.48. The van der Waals surface area contributed by atoms with Crippen molar-refractivity contribution in [2.45, 2.75) is 33.6 Å². The highest BCUT2D eigenvalue weighted by Crippen LogP contribution is 2.35. The van der Waals surface area contributed by atoms with Crippen LogP contribution in [-0.4, -0.2) is 0 Å². The van der Waals surface area contributed by atoms with E-state index < -0.39 is 0 Å². The maximum absolute atomic E-state index is 2.31. The van der Waals surface area contributed by atoms with E-state index in [4.69, 9.17) is 0 Å². The zero-order valence-electron chi connectivity index (χ0n) is 11.8. The van der Waals surface area contributed by atoms with Crippen molar-refractivity contribution < 1.29 is 0 Å². The van der Waals surface area contributed by atoms with E-state index in [0.717, 1.165) is 0 Å². The van der Waals surface area contributed by atoms with Gasteiger partial charge in [0.1, 0.15) is 0 Å². The van der Waals surface area contributed by atoms with Crippen LogP contribution in [0.4, 0.5) is 0 Å². The minimum Gasteiger partial charge on any atom is -0.0620 e. The molecule has 0 atom stereocenters. The highest BCUT2D eigenvalue weighted by atomic mass is 14.2. The van der Waals surface area contributed by atoms with Crippen LogP contribution < -0.4 is 0 Å². The molecule has 0 heteroatoms. The molecule has 0 aromatic heterocycles. The van der Waals surface area contributed by atoms with E-state index in [-0.39, 0.29) is 0 Å². The van der Waals surface area contributed by atoms with Crippen LogP contribution in [0.5, 0.6) is 0 Å². The Morgan fingerprint density at radius 3 is 1.39 bits per heavy atom. The Hall–Kier alpha value is -1.56. The number of hydrogen-bond donors (Lipinski definition) is 0. The molecule has 0 bridgehead atoms. The number of hydrogen-bond acceptors (Lipinski definition) is 0. The third-order valence-corrected chi connectivity index (χ3v) is 3.71. The predicted octanol–water partition coefficient (Wildman–Crippen LogP) is 5.09. The van der Waals surface area contributed by atoms with Crippen molar-refractivity contribution in [3.63, 3.8) is 0 Å². The number of aryl methyl sites for hydroxylation is 2. The van der Waals surface area contributed by atoms with Crippen LogP contribution in [0.3, 0.4) is 0 Å². The molecular formula is C18H22. The highest BCUT2D eigenvalue weighted by molar-refractivity contribution is 5.41. The van der Waals surface area contributed by atoms with Gasteiger partial charge in [-0.15, -0.1) is 0 Å². The van der Waals surface area contributed by atoms with Crippen LogP contribution in [0.1, 0.15) is 42.0 Å². The molecule has 0 nitrogen and oxygen atoms in total. The summed E-state index contributed by atoms with van der Waals surface area (Å²) in [6.07, 6.45) is 0. The van der Waals surface area contributed by atoms with Gasteiger partial charge in [0.05, 0.1) is 0 Å². The van der Waals surface area contributed by atoms with E-state index in [1.165, 1.54) is 22.3 Å². The summed E-state index contributed by atoms with van der Waals surface area (Å²) in [5.41, 5.74) is 5.70. The maximum Gasteiger partial charge on any atom is 0.0118 e. The summed E-state index contributed by atoms with van der Waals surface area (Å²) in [4.78, 5) is 0. The van der Waals surface area contributed by atoms with Gasteiger partial charge in [0.25, 0.3) is 0 Å². The van der Waals surface area contributed by atoms with E-state index in [0.29, 0.717) is 11.8 Å². The topological polar surface area (TPSA) is 0 Å². The molecule has 0 unspecified atom stereocenters. The fourth-order valence-electron chi connectivity index (χ4n) is 2.76. The molecule has 2 aromatic rings. The molecule has 0 aliphatic rings. The average Bonchev–Trinajstić information content (AvgIpc) is 2.34. The normalized spacial score (nSPS) is 11.2. The second-order valence-corrected chi connectivity index (χ2v) is 5.43. The van der Waals surface area contributed by atoms with E-state index in [1.54, 1.807) is 0 Å². The van der Waals surface area contributed by atoms with Crippen LogP contribution in [0.25, 0.3) is 0 Å². The van der Waals surface area contributed by atoms with E-state index in [9.17, 15) is 0 Å². The van der Waals surface area contributed by atoms with Crippen molar-refractivity contribution in [1.82, 2.24) is 0 Å². The highest BCUT2D eigenvalue weighted by Gasteiger charge is 2.20. The molecule has 18 heavy (non-hydrogen) atoms. The monoisotopic (exact) mass is 238 g/mol. The van der Waals surface area contributed by atoms with Gasteiger partial charge in [-0.05, 0) is 42.0 Å². The van der Waals surface area contributed by atoms with Gasteiger partial charge < -0.3 is 0 Å². The molecular weight excluding hydrogens is 216 g/mol. The summed E-state index contributed by atoms with van der Waals surface area (Å²) in [5, 5.41) is 0. The zero-order valence-corrected chi connectivity index (χ0v) is 11.8. The van der Waals surface area contributed by atoms with Gasteiger partial charge in [-0.25, -0.2) is 0 Å². The maximum atomic E-state index is 2.31. The largest absolute Gasteiger partial charge is 0.0620 e. The summed E-state index contributed by atoms with van der Waals surface area (Å²) >= 11 is 0. The smallest absolute Gasteiger partial charge is 0.0118 e. The Morgan fingerprint density at radius 1 is 0.667 bits per heavy atom. The first-order chi connectivity index (χ1) is 8.61. The van der Waals surface area contributed by atoms with Gasteiger partial charge in [0.15, 0.2) is 0 Å². The van der Waals surface area contributed by atoms with Crippen molar-refractivity contribution in [3.8, 4) is 0 Å². The van der Waals surface area contributed by atoms with Gasteiger partial charge in [0, 0.05) is 5.92 Å². The minimum atomic E-state index is 0.493. The van der Waals surface area contributed by atoms with Crippen LogP contribution in [-0.2, 0) is 0 Å². The molecule has 2 aromatic carbocycles. The average molecular weight is 238 g/mol. The van der Waals surface area contributed by atoms with Gasteiger partial charge in [0.2, 0.25) is 0 Å². The van der Waals surface area contributed by atoms with Gasteiger partial charge in [-0.1, -0.05) is 62.4 Å². The Kier molecular flexibility index (Phi) is 3.86. The fourth-order valence-corrected chi connectivity index (χ4v) is 2.76. The molecule has 0 saturated carbocycles. The second-order valence-electron chi connectivity index (χ2n) is 5.43. The van der Waals surface area contributed by atoms with E-state index in [1.807, 2.05) is 0 Å². The first kappa shape index (κ1) is 12.9. The predicted molar refractivity (Wildman–Crippen MR) is 79.0 cm³/mol. The lowest BCUT2D eigenvalue weighted by Gasteiger charge is -2.25. The summed E-state index contributed by atoms with van der Waals surface area (Å²) < 4.78 is 0. The van der Waals surface area contributed by atoms with Gasteiger partial charge in [-0.2, -0.15) is 0 Å². The Bertz CT molecular complexity index is 478. The lowest BCUT2D eigenvalue weighted by Crippen LogP contribution is -2.11. The van der Waals surface area contributed by atoms with Crippen LogP contribution in [0, 0.1) is 19.8 Å². The summed E-state index contributed by atoms with van der Waals surface area (Å²) in [5.74, 6) is 1.10. The molecule has 2 rings (SSSR count). The number of benzene rings is 2. The molecule has 0 fully saturated rings. The van der Waals surface area contributed by atoms with Gasteiger partial charge >= 0.3 is 0 Å². The molecule has 0 saturated heterocycles. The summed E-state index contributed by atoms with van der Waals surface area (Å²) in [6, 6.07) is 17.5. The molecule has 94 valence electrons. The Morgan fingerprint density at radius 2 is 1.06 bits per heavy atom.